The smallest absolute Gasteiger partial charge is 0.414 e. The highest BCUT2D eigenvalue weighted by Gasteiger charge is 2.35. The summed E-state index contributed by atoms with van der Waals surface area (Å²) in [6, 6.07) is 4.87. The highest BCUT2D eigenvalue weighted by molar-refractivity contribution is 6.11. The molecule has 0 unspecified atom stereocenters. The molecular weight excluding hydrogens is 410 g/mol. The number of nitrogens with two attached hydrogens (primary N) is 1. The second kappa shape index (κ2) is 9.86. The second-order valence-electron chi connectivity index (χ2n) is 7.46. The molecule has 2 N–H and O–H groups in total. The van der Waals surface area contributed by atoms with E-state index in [2.05, 4.69) is 4.99 Å². The molecule has 0 aromatic heterocycles. The maximum absolute atomic E-state index is 12.9. The molecule has 1 aromatic carbocycles. The highest BCUT2D eigenvalue weighted by atomic mass is 19.1. The summed E-state index contributed by atoms with van der Waals surface area (Å²) in [6.45, 7) is 2.16. The number of aliphatic imine (C=N–C) groups is 1. The molecule has 0 spiro atoms. The fourth-order valence-electron chi connectivity index (χ4n) is 3.48. The summed E-state index contributed by atoms with van der Waals surface area (Å²) in [4.78, 5) is 32.2. The maximum Gasteiger partial charge on any atom is 0.414 e. The van der Waals surface area contributed by atoms with Crippen LogP contribution >= 0.6 is 0 Å². The molecule has 0 aliphatic carbocycles. The first-order valence-corrected chi connectivity index (χ1v) is 9.96. The monoisotopic (exact) mass is 436 g/mol. The van der Waals surface area contributed by atoms with E-state index in [-0.39, 0.29) is 24.5 Å². The molecule has 2 amide bonds. The topological polar surface area (TPSA) is 97.5 Å². The van der Waals surface area contributed by atoms with Gasteiger partial charge in [-0.05, 0) is 24.6 Å². The van der Waals surface area contributed by atoms with Gasteiger partial charge in [-0.1, -0.05) is 6.07 Å². The summed E-state index contributed by atoms with van der Waals surface area (Å²) < 4.78 is 35.9. The van der Waals surface area contributed by atoms with Crippen molar-refractivity contribution in [2.45, 2.75) is 32.0 Å². The number of benzene rings is 1. The van der Waals surface area contributed by atoms with Crippen molar-refractivity contribution in [3.05, 3.63) is 30.0 Å². The summed E-state index contributed by atoms with van der Waals surface area (Å²) in [7, 11) is 0. The van der Waals surface area contributed by atoms with Gasteiger partial charge in [0.05, 0.1) is 36.7 Å². The number of anilines is 2. The fourth-order valence-corrected chi connectivity index (χ4v) is 3.48. The zero-order chi connectivity index (χ0) is 22.5. The Labute approximate surface area is 179 Å². The summed E-state index contributed by atoms with van der Waals surface area (Å²) in [5.41, 5.74) is 7.93. The van der Waals surface area contributed by atoms with Gasteiger partial charge in [-0.25, -0.2) is 13.6 Å². The number of halogens is 2. The van der Waals surface area contributed by atoms with Gasteiger partial charge >= 0.3 is 6.09 Å². The number of ether oxygens (including phenoxy) is 2. The number of hydrogen-bond donors (Lipinski definition) is 1. The SMILES string of the molecule is CC(=O)N1c2ccc(C(C=NC3COC3)=CN)cc2N(C(=O)OC(CF)CF)C[C@@H]1C. The standard InChI is InChI=1S/C21H26F2N4O4/c1-13-10-26(21(29)31-18(6-22)7-23)20-5-15(3-4-19(20)27(13)14(2)28)16(8-24)9-25-17-11-30-12-17/h3-5,8-9,13,17-18H,6-7,10-12,24H2,1-2H3/t13-/m0/s1. The molecule has 10 heteroatoms. The van der Waals surface area contributed by atoms with Crippen molar-refractivity contribution in [1.29, 1.82) is 0 Å². The van der Waals surface area contributed by atoms with Gasteiger partial charge in [0.1, 0.15) is 13.3 Å². The van der Waals surface area contributed by atoms with Gasteiger partial charge in [0.15, 0.2) is 6.10 Å². The second-order valence-corrected chi connectivity index (χ2v) is 7.46. The lowest BCUT2D eigenvalue weighted by atomic mass is 10.0. The lowest BCUT2D eigenvalue weighted by molar-refractivity contribution is -0.117. The molecule has 1 atom stereocenters. The molecule has 2 heterocycles. The molecule has 1 saturated heterocycles. The summed E-state index contributed by atoms with van der Waals surface area (Å²) in [5.74, 6) is -0.193. The summed E-state index contributed by atoms with van der Waals surface area (Å²) in [5, 5.41) is 0. The van der Waals surface area contributed by atoms with Crippen LogP contribution in [0.15, 0.2) is 29.4 Å². The van der Waals surface area contributed by atoms with Crippen LogP contribution < -0.4 is 15.5 Å². The Morgan fingerprint density at radius 2 is 2.03 bits per heavy atom. The molecule has 0 radical (unpaired) electrons. The molecule has 168 valence electrons. The Morgan fingerprint density at radius 3 is 2.58 bits per heavy atom. The third-order valence-electron chi connectivity index (χ3n) is 5.14. The van der Waals surface area contributed by atoms with Crippen LogP contribution in [0, 0.1) is 0 Å². The van der Waals surface area contributed by atoms with Crippen LogP contribution in [0.4, 0.5) is 25.0 Å². The molecule has 0 saturated carbocycles. The molecule has 8 nitrogen and oxygen atoms in total. The molecule has 1 fully saturated rings. The molecule has 2 aliphatic rings. The quantitative estimate of drug-likeness (QED) is 0.691. The number of fused-ring (bicyclic) bond motifs is 1. The first-order valence-electron chi connectivity index (χ1n) is 9.96. The summed E-state index contributed by atoms with van der Waals surface area (Å²) >= 11 is 0. The molecular formula is C21H26F2N4O4. The Bertz CT molecular complexity index is 884. The molecule has 31 heavy (non-hydrogen) atoms. The van der Waals surface area contributed by atoms with Gasteiger partial charge in [-0.3, -0.25) is 14.7 Å². The number of carbonyl (C=O) groups excluding carboxylic acids is 2. The van der Waals surface area contributed by atoms with Gasteiger partial charge in [-0.15, -0.1) is 0 Å². The van der Waals surface area contributed by atoms with Crippen molar-refractivity contribution in [3.63, 3.8) is 0 Å². The lowest BCUT2D eigenvalue weighted by Gasteiger charge is -2.40. The Morgan fingerprint density at radius 1 is 1.32 bits per heavy atom. The lowest BCUT2D eigenvalue weighted by Crippen LogP contribution is -2.52. The number of rotatable bonds is 6. The number of allylic oxidation sites excluding steroid dienone is 1. The average molecular weight is 436 g/mol. The fraction of sp³-hybridized carbons (Fsp3) is 0.476. The van der Waals surface area contributed by atoms with E-state index in [1.54, 1.807) is 36.2 Å². The average Bonchev–Trinajstić information content (AvgIpc) is 2.72. The van der Waals surface area contributed by atoms with Crippen LogP contribution in [0.2, 0.25) is 0 Å². The van der Waals surface area contributed by atoms with Gasteiger partial charge in [-0.2, -0.15) is 0 Å². The van der Waals surface area contributed by atoms with Gasteiger partial charge in [0.25, 0.3) is 0 Å². The number of nitrogens with zero attached hydrogens (tertiary/aromatic N) is 3. The Hall–Kier alpha value is -3.01. The first-order chi connectivity index (χ1) is 14.9. The van der Waals surface area contributed by atoms with E-state index in [0.717, 1.165) is 0 Å². The van der Waals surface area contributed by atoms with E-state index in [4.69, 9.17) is 15.2 Å². The molecule has 2 aliphatic heterocycles. The van der Waals surface area contributed by atoms with Gasteiger partial charge in [0.2, 0.25) is 5.91 Å². The predicted octanol–water partition coefficient (Wildman–Crippen LogP) is 2.46. The zero-order valence-corrected chi connectivity index (χ0v) is 17.5. The van der Waals surface area contributed by atoms with Crippen LogP contribution in [0.25, 0.3) is 5.57 Å². The Kier molecular flexibility index (Phi) is 7.21. The molecule has 3 rings (SSSR count). The minimum absolute atomic E-state index is 0.0754. The van der Waals surface area contributed by atoms with Crippen LogP contribution in [-0.2, 0) is 14.3 Å². The van der Waals surface area contributed by atoms with Crippen molar-refractivity contribution < 1.29 is 27.8 Å². The number of amides is 2. The first kappa shape index (κ1) is 22.7. The van der Waals surface area contributed by atoms with Crippen LogP contribution in [-0.4, -0.2) is 69.5 Å². The normalized spacial score (nSPS) is 19.5. The number of alkyl halides is 2. The van der Waals surface area contributed by atoms with E-state index in [1.807, 2.05) is 0 Å². The zero-order valence-electron chi connectivity index (χ0n) is 17.5. The van der Waals surface area contributed by atoms with Crippen molar-refractivity contribution in [3.8, 4) is 0 Å². The highest BCUT2D eigenvalue weighted by Crippen LogP contribution is 2.38. The van der Waals surface area contributed by atoms with Gasteiger partial charge in [0, 0.05) is 31.5 Å². The molecule has 0 bridgehead atoms. The minimum Gasteiger partial charge on any atom is -0.440 e. The van der Waals surface area contributed by atoms with Crippen LogP contribution in [0.5, 0.6) is 0 Å². The number of hydrogen-bond acceptors (Lipinski definition) is 6. The van der Waals surface area contributed by atoms with E-state index >= 15 is 0 Å². The van der Waals surface area contributed by atoms with Crippen molar-refractivity contribution in [2.75, 3.05) is 42.9 Å². The van der Waals surface area contributed by atoms with Gasteiger partial charge < -0.3 is 20.1 Å². The van der Waals surface area contributed by atoms with E-state index in [1.165, 1.54) is 18.0 Å². The van der Waals surface area contributed by atoms with Crippen LogP contribution in [0.1, 0.15) is 19.4 Å². The van der Waals surface area contributed by atoms with Crippen molar-refractivity contribution >= 4 is 35.2 Å². The van der Waals surface area contributed by atoms with Crippen LogP contribution in [0.3, 0.4) is 0 Å². The largest absolute Gasteiger partial charge is 0.440 e. The maximum atomic E-state index is 12.9. The predicted molar refractivity (Wildman–Crippen MR) is 114 cm³/mol. The minimum atomic E-state index is -1.48. The van der Waals surface area contributed by atoms with Crippen molar-refractivity contribution in [2.24, 2.45) is 10.7 Å². The van der Waals surface area contributed by atoms with E-state index < -0.39 is 25.5 Å². The third-order valence-corrected chi connectivity index (χ3v) is 5.14. The number of carbonyl (C=O) groups is 2. The third kappa shape index (κ3) is 4.84. The molecule has 1 aromatic rings. The van der Waals surface area contributed by atoms with E-state index in [9.17, 15) is 18.4 Å². The van der Waals surface area contributed by atoms with E-state index in [0.29, 0.717) is 35.7 Å². The summed E-state index contributed by atoms with van der Waals surface area (Å²) in [6.07, 6.45) is 0.668. The Balaban J connectivity index is 1.98. The van der Waals surface area contributed by atoms with Crippen molar-refractivity contribution in [1.82, 2.24) is 0 Å².